The molecule has 0 heterocycles. The fraction of sp³-hybridized carbons (Fsp3) is 0.333. The molecule has 0 amide bonds. The lowest BCUT2D eigenvalue weighted by atomic mass is 10.3. The zero-order valence-corrected chi connectivity index (χ0v) is 5.47. The zero-order valence-electron chi connectivity index (χ0n) is 5.47. The van der Waals surface area contributed by atoms with Gasteiger partial charge in [0.2, 0.25) is 0 Å². The van der Waals surface area contributed by atoms with Crippen LogP contribution in [0.3, 0.4) is 0 Å². The van der Waals surface area contributed by atoms with Gasteiger partial charge in [-0.15, -0.1) is 0 Å². The molecular weight excluding hydrogens is 132 g/mol. The molecule has 0 aromatic carbocycles. The van der Waals surface area contributed by atoms with Crippen LogP contribution in [0.5, 0.6) is 0 Å². The summed E-state index contributed by atoms with van der Waals surface area (Å²) in [7, 11) is 0. The quantitative estimate of drug-likeness (QED) is 0.257. The van der Waals surface area contributed by atoms with Crippen molar-refractivity contribution in [3.8, 4) is 6.07 Å². The SMILES string of the molecule is CCOC(=O)C(=C=N)C#N. The maximum Gasteiger partial charge on any atom is 0.358 e. The van der Waals surface area contributed by atoms with Crippen LogP contribution in [0.25, 0.3) is 0 Å². The molecule has 0 rings (SSSR count). The number of ether oxygens (including phenoxy) is 1. The summed E-state index contributed by atoms with van der Waals surface area (Å²) in [5.74, 6) is 0.876. The Labute approximate surface area is 58.2 Å². The van der Waals surface area contributed by atoms with E-state index in [1.807, 2.05) is 0 Å². The molecule has 10 heavy (non-hydrogen) atoms. The minimum absolute atomic E-state index is 0.200. The molecule has 0 fully saturated rings. The average Bonchev–Trinajstić information content (AvgIpc) is 1.91. The topological polar surface area (TPSA) is 73.9 Å². The Morgan fingerprint density at radius 3 is 2.70 bits per heavy atom. The molecule has 0 saturated heterocycles. The molecule has 0 radical (unpaired) electrons. The summed E-state index contributed by atoms with van der Waals surface area (Å²) in [4.78, 5) is 10.5. The molecule has 0 aromatic heterocycles. The van der Waals surface area contributed by atoms with E-state index in [0.717, 1.165) is 0 Å². The van der Waals surface area contributed by atoms with E-state index in [1.165, 1.54) is 6.07 Å². The number of carbonyl (C=O) groups is 1. The second-order valence-electron chi connectivity index (χ2n) is 1.33. The summed E-state index contributed by atoms with van der Waals surface area (Å²) in [5.41, 5.74) is -0.401. The summed E-state index contributed by atoms with van der Waals surface area (Å²) in [6.45, 7) is 1.82. The third kappa shape index (κ3) is 2.12. The Kier molecular flexibility index (Phi) is 3.62. The van der Waals surface area contributed by atoms with Gasteiger partial charge in [-0.2, -0.15) is 5.26 Å². The highest BCUT2D eigenvalue weighted by Gasteiger charge is 2.07. The van der Waals surface area contributed by atoms with Crippen molar-refractivity contribution in [2.75, 3.05) is 6.61 Å². The number of carbonyl (C=O) groups excluding carboxylic acids is 1. The summed E-state index contributed by atoms with van der Waals surface area (Å²) in [6, 6.07) is 1.48. The van der Waals surface area contributed by atoms with Crippen LogP contribution in [0.15, 0.2) is 5.57 Å². The van der Waals surface area contributed by atoms with Gasteiger partial charge in [-0.1, -0.05) is 0 Å². The third-order valence-corrected chi connectivity index (χ3v) is 0.716. The third-order valence-electron chi connectivity index (χ3n) is 0.716. The van der Waals surface area contributed by atoms with Gasteiger partial charge in [0, 0.05) is 5.87 Å². The molecule has 1 N–H and O–H groups in total. The molecule has 0 spiro atoms. The summed E-state index contributed by atoms with van der Waals surface area (Å²) >= 11 is 0. The molecule has 0 unspecified atom stereocenters. The van der Waals surface area contributed by atoms with Crippen molar-refractivity contribution in [2.24, 2.45) is 0 Å². The van der Waals surface area contributed by atoms with Gasteiger partial charge in [-0.05, 0) is 6.92 Å². The van der Waals surface area contributed by atoms with Crippen LogP contribution in [0.1, 0.15) is 6.92 Å². The van der Waals surface area contributed by atoms with E-state index in [4.69, 9.17) is 10.7 Å². The molecule has 0 aromatic rings. The van der Waals surface area contributed by atoms with Gasteiger partial charge in [0.25, 0.3) is 0 Å². The number of rotatable bonds is 2. The van der Waals surface area contributed by atoms with Crippen LogP contribution in [0.2, 0.25) is 0 Å². The maximum atomic E-state index is 10.5. The molecule has 0 saturated carbocycles. The lowest BCUT2D eigenvalue weighted by Gasteiger charge is -1.94. The van der Waals surface area contributed by atoms with E-state index in [1.54, 1.807) is 12.8 Å². The molecule has 0 aliphatic carbocycles. The monoisotopic (exact) mass is 138 g/mol. The van der Waals surface area contributed by atoms with Gasteiger partial charge in [0.15, 0.2) is 5.57 Å². The second-order valence-corrected chi connectivity index (χ2v) is 1.33. The van der Waals surface area contributed by atoms with E-state index in [0.29, 0.717) is 0 Å². The number of hydrogen-bond donors (Lipinski definition) is 1. The number of nitrogens with zero attached hydrogens (tertiary/aromatic N) is 1. The Morgan fingerprint density at radius 2 is 2.40 bits per heavy atom. The Morgan fingerprint density at radius 1 is 1.80 bits per heavy atom. The summed E-state index contributed by atoms with van der Waals surface area (Å²) < 4.78 is 4.40. The van der Waals surface area contributed by atoms with E-state index in [2.05, 4.69) is 4.74 Å². The van der Waals surface area contributed by atoms with Crippen molar-refractivity contribution in [2.45, 2.75) is 6.92 Å². The molecule has 0 aliphatic heterocycles. The first kappa shape index (κ1) is 8.41. The minimum atomic E-state index is -0.792. The number of esters is 1. The molecular formula is C6H6N2O2. The number of nitriles is 1. The van der Waals surface area contributed by atoms with Gasteiger partial charge in [0.05, 0.1) is 6.61 Å². The van der Waals surface area contributed by atoms with Crippen LogP contribution in [-0.2, 0) is 9.53 Å². The predicted octanol–water partition coefficient (Wildman–Crippen LogP) is 0.248. The molecule has 0 bridgehead atoms. The van der Waals surface area contributed by atoms with Crippen LogP contribution in [-0.4, -0.2) is 18.4 Å². The van der Waals surface area contributed by atoms with Gasteiger partial charge in [-0.3, -0.25) is 5.41 Å². The maximum absolute atomic E-state index is 10.5. The van der Waals surface area contributed by atoms with Crippen molar-refractivity contribution in [1.82, 2.24) is 0 Å². The van der Waals surface area contributed by atoms with Crippen LogP contribution < -0.4 is 0 Å². The molecule has 4 heteroatoms. The zero-order chi connectivity index (χ0) is 7.98. The number of nitrogens with one attached hydrogen (secondary N) is 1. The standard InChI is InChI=1S/C6H6N2O2/c1-2-10-6(9)5(3-7)4-8/h7H,2H2,1H3. The lowest BCUT2D eigenvalue weighted by molar-refractivity contribution is -0.137. The normalized spacial score (nSPS) is 7.20. The Hall–Kier alpha value is -1.59. The van der Waals surface area contributed by atoms with E-state index in [-0.39, 0.29) is 6.61 Å². The van der Waals surface area contributed by atoms with Crippen molar-refractivity contribution in [3.63, 3.8) is 0 Å². The van der Waals surface area contributed by atoms with Gasteiger partial charge >= 0.3 is 5.97 Å². The number of hydrogen-bond acceptors (Lipinski definition) is 4. The predicted molar refractivity (Wildman–Crippen MR) is 33.5 cm³/mol. The highest BCUT2D eigenvalue weighted by Crippen LogP contribution is 1.89. The van der Waals surface area contributed by atoms with Crippen molar-refractivity contribution in [1.29, 1.82) is 10.7 Å². The largest absolute Gasteiger partial charge is 0.461 e. The average molecular weight is 138 g/mol. The first-order valence-electron chi connectivity index (χ1n) is 2.63. The molecule has 0 aliphatic rings. The fourth-order valence-electron chi connectivity index (χ4n) is 0.328. The smallest absolute Gasteiger partial charge is 0.358 e. The van der Waals surface area contributed by atoms with Gasteiger partial charge in [0.1, 0.15) is 6.07 Å². The fourth-order valence-corrected chi connectivity index (χ4v) is 0.328. The Balaban J connectivity index is 4.23. The van der Waals surface area contributed by atoms with Crippen LogP contribution >= 0.6 is 0 Å². The first-order valence-corrected chi connectivity index (χ1v) is 2.63. The highest BCUT2D eigenvalue weighted by atomic mass is 16.5. The second kappa shape index (κ2) is 4.30. The first-order chi connectivity index (χ1) is 4.76. The van der Waals surface area contributed by atoms with Crippen LogP contribution in [0.4, 0.5) is 0 Å². The minimum Gasteiger partial charge on any atom is -0.461 e. The molecule has 4 nitrogen and oxygen atoms in total. The Bertz CT molecular complexity index is 220. The van der Waals surface area contributed by atoms with E-state index >= 15 is 0 Å². The van der Waals surface area contributed by atoms with Crippen LogP contribution in [0, 0.1) is 16.7 Å². The lowest BCUT2D eigenvalue weighted by Crippen LogP contribution is -2.06. The summed E-state index contributed by atoms with van der Waals surface area (Å²) in [6.07, 6.45) is 0. The molecule has 0 atom stereocenters. The van der Waals surface area contributed by atoms with Crippen molar-refractivity contribution >= 4 is 11.8 Å². The van der Waals surface area contributed by atoms with Gasteiger partial charge < -0.3 is 4.74 Å². The summed E-state index contributed by atoms with van der Waals surface area (Å²) in [5, 5.41) is 14.6. The highest BCUT2D eigenvalue weighted by molar-refractivity contribution is 6.01. The van der Waals surface area contributed by atoms with Crippen molar-refractivity contribution < 1.29 is 9.53 Å². The van der Waals surface area contributed by atoms with Gasteiger partial charge in [-0.25, -0.2) is 4.79 Å². The van der Waals surface area contributed by atoms with E-state index in [9.17, 15) is 4.79 Å². The van der Waals surface area contributed by atoms with E-state index < -0.39 is 11.5 Å². The van der Waals surface area contributed by atoms with Crippen molar-refractivity contribution in [3.05, 3.63) is 5.57 Å². The molecule has 52 valence electrons.